The van der Waals surface area contributed by atoms with Crippen LogP contribution in [0.4, 0.5) is 11.8 Å². The van der Waals surface area contributed by atoms with E-state index in [1.807, 2.05) is 18.2 Å². The number of pyridine rings is 1. The predicted molar refractivity (Wildman–Crippen MR) is 116 cm³/mol. The van der Waals surface area contributed by atoms with Gasteiger partial charge in [0.25, 0.3) is 5.56 Å². The Morgan fingerprint density at radius 3 is 2.74 bits per heavy atom. The number of nitrogens with zero attached hydrogens (tertiary/aromatic N) is 4. The number of methoxy groups -OCH3 is 1. The fourth-order valence-electron chi connectivity index (χ4n) is 3.43. The summed E-state index contributed by atoms with van der Waals surface area (Å²) in [7, 11) is 1.58. The van der Waals surface area contributed by atoms with Crippen molar-refractivity contribution in [3.05, 3.63) is 64.1 Å². The van der Waals surface area contributed by atoms with Gasteiger partial charge in [-0.1, -0.05) is 6.07 Å². The molecule has 2 aromatic heterocycles. The first kappa shape index (κ1) is 20.4. The molecule has 158 valence electrons. The molecule has 1 fully saturated rings. The second-order valence-electron chi connectivity index (χ2n) is 6.92. The first-order chi connectivity index (χ1) is 15.2. The van der Waals surface area contributed by atoms with E-state index >= 15 is 0 Å². The molecule has 1 aliphatic rings. The summed E-state index contributed by atoms with van der Waals surface area (Å²) in [5, 5.41) is 12.6. The molecule has 0 bridgehead atoms. The Labute approximate surface area is 179 Å². The van der Waals surface area contributed by atoms with Gasteiger partial charge in [-0.05, 0) is 30.3 Å². The summed E-state index contributed by atoms with van der Waals surface area (Å²) in [6.45, 7) is 3.30. The Bertz CT molecular complexity index is 1150. The average molecular weight is 418 g/mol. The van der Waals surface area contributed by atoms with Crippen molar-refractivity contribution >= 4 is 11.8 Å². The molecule has 1 aliphatic heterocycles. The molecule has 4 rings (SSSR count). The van der Waals surface area contributed by atoms with Crippen molar-refractivity contribution in [1.29, 1.82) is 5.26 Å². The number of H-pyrrole nitrogens is 1. The summed E-state index contributed by atoms with van der Waals surface area (Å²) in [6, 6.07) is 12.9. The highest BCUT2D eigenvalue weighted by Crippen LogP contribution is 2.24. The number of nitriles is 1. The molecule has 0 atom stereocenters. The van der Waals surface area contributed by atoms with Crippen molar-refractivity contribution in [3.63, 3.8) is 0 Å². The third kappa shape index (κ3) is 4.49. The second kappa shape index (κ2) is 9.28. The summed E-state index contributed by atoms with van der Waals surface area (Å²) in [5.41, 5.74) is 1.41. The molecular formula is C22H22N6O3. The van der Waals surface area contributed by atoms with Gasteiger partial charge in [-0.2, -0.15) is 5.26 Å². The molecule has 9 nitrogen and oxygen atoms in total. The lowest BCUT2D eigenvalue weighted by atomic mass is 10.1. The monoisotopic (exact) mass is 418 g/mol. The Morgan fingerprint density at radius 1 is 1.26 bits per heavy atom. The minimum absolute atomic E-state index is 0.0360. The number of morpholine rings is 1. The van der Waals surface area contributed by atoms with Crippen LogP contribution in [0.3, 0.4) is 0 Å². The van der Waals surface area contributed by atoms with Gasteiger partial charge in [-0.15, -0.1) is 0 Å². The number of benzene rings is 1. The zero-order chi connectivity index (χ0) is 21.6. The van der Waals surface area contributed by atoms with Crippen LogP contribution in [0.25, 0.3) is 11.3 Å². The second-order valence-corrected chi connectivity index (χ2v) is 6.92. The van der Waals surface area contributed by atoms with Gasteiger partial charge in [-0.25, -0.2) is 9.97 Å². The standard InChI is InChI=1S/C22H22N6O3/c1-30-17-6-4-15(5-7-17)19-18(13-23)21(29)27-22(26-19)25-14-16-3-2-8-24-20(16)28-9-11-31-12-10-28/h2-8H,9-12,14H2,1H3,(H2,25,26,27,29). The van der Waals surface area contributed by atoms with Gasteiger partial charge in [0.15, 0.2) is 0 Å². The molecule has 9 heteroatoms. The van der Waals surface area contributed by atoms with Crippen molar-refractivity contribution in [2.24, 2.45) is 0 Å². The van der Waals surface area contributed by atoms with Gasteiger partial charge in [0, 0.05) is 37.0 Å². The molecule has 1 saturated heterocycles. The first-order valence-corrected chi connectivity index (χ1v) is 9.89. The highest BCUT2D eigenvalue weighted by atomic mass is 16.5. The SMILES string of the molecule is COc1ccc(-c2nc(NCc3cccnc3N3CCOCC3)[nH]c(=O)c2C#N)cc1. The van der Waals surface area contributed by atoms with E-state index in [0.29, 0.717) is 36.8 Å². The molecule has 2 N–H and O–H groups in total. The fourth-order valence-corrected chi connectivity index (χ4v) is 3.43. The van der Waals surface area contributed by atoms with Crippen LogP contribution >= 0.6 is 0 Å². The Kier molecular flexibility index (Phi) is 6.10. The molecule has 0 spiro atoms. The van der Waals surface area contributed by atoms with E-state index in [1.54, 1.807) is 37.6 Å². The van der Waals surface area contributed by atoms with Crippen molar-refractivity contribution in [1.82, 2.24) is 15.0 Å². The average Bonchev–Trinajstić information content (AvgIpc) is 2.83. The maximum atomic E-state index is 12.5. The molecule has 31 heavy (non-hydrogen) atoms. The van der Waals surface area contributed by atoms with E-state index in [0.717, 1.165) is 24.5 Å². The lowest BCUT2D eigenvalue weighted by molar-refractivity contribution is 0.122. The van der Waals surface area contributed by atoms with E-state index in [1.165, 1.54) is 0 Å². The normalized spacial score (nSPS) is 13.5. The van der Waals surface area contributed by atoms with Gasteiger partial charge >= 0.3 is 0 Å². The summed E-state index contributed by atoms with van der Waals surface area (Å²) < 4.78 is 10.6. The van der Waals surface area contributed by atoms with Gasteiger partial charge in [0.05, 0.1) is 26.0 Å². The summed E-state index contributed by atoms with van der Waals surface area (Å²) in [6.07, 6.45) is 1.76. The van der Waals surface area contributed by atoms with Crippen molar-refractivity contribution < 1.29 is 9.47 Å². The minimum Gasteiger partial charge on any atom is -0.497 e. The lowest BCUT2D eigenvalue weighted by Gasteiger charge is -2.29. The highest BCUT2D eigenvalue weighted by Gasteiger charge is 2.17. The maximum Gasteiger partial charge on any atom is 0.270 e. The topological polar surface area (TPSA) is 116 Å². The largest absolute Gasteiger partial charge is 0.497 e. The molecule has 0 amide bonds. The molecule has 1 aromatic carbocycles. The van der Waals surface area contributed by atoms with Crippen LogP contribution in [0.5, 0.6) is 5.75 Å². The quantitative estimate of drug-likeness (QED) is 0.626. The number of anilines is 2. The Balaban J connectivity index is 1.61. The molecule has 0 radical (unpaired) electrons. The van der Waals surface area contributed by atoms with Crippen molar-refractivity contribution in [2.45, 2.75) is 6.54 Å². The Morgan fingerprint density at radius 2 is 2.03 bits per heavy atom. The minimum atomic E-state index is -0.495. The molecule has 3 aromatic rings. The summed E-state index contributed by atoms with van der Waals surface area (Å²) >= 11 is 0. The number of ether oxygens (including phenoxy) is 2. The molecule has 0 saturated carbocycles. The van der Waals surface area contributed by atoms with Crippen molar-refractivity contribution in [2.75, 3.05) is 43.6 Å². The zero-order valence-electron chi connectivity index (χ0n) is 17.1. The number of hydrogen-bond acceptors (Lipinski definition) is 8. The number of nitrogens with one attached hydrogen (secondary N) is 2. The van der Waals surface area contributed by atoms with E-state index in [-0.39, 0.29) is 11.5 Å². The summed E-state index contributed by atoms with van der Waals surface area (Å²) in [4.78, 5) is 26.4. The van der Waals surface area contributed by atoms with Crippen LogP contribution in [0.2, 0.25) is 0 Å². The maximum absolute atomic E-state index is 12.5. The number of rotatable bonds is 6. The molecule has 0 unspecified atom stereocenters. The third-order valence-corrected chi connectivity index (χ3v) is 5.02. The lowest BCUT2D eigenvalue weighted by Crippen LogP contribution is -2.37. The van der Waals surface area contributed by atoms with Crippen LogP contribution in [0.1, 0.15) is 11.1 Å². The first-order valence-electron chi connectivity index (χ1n) is 9.89. The number of aromatic nitrogens is 3. The van der Waals surface area contributed by atoms with Gasteiger partial charge in [-0.3, -0.25) is 9.78 Å². The van der Waals surface area contributed by atoms with Gasteiger partial charge < -0.3 is 19.7 Å². The van der Waals surface area contributed by atoms with Crippen LogP contribution < -0.4 is 20.5 Å². The highest BCUT2D eigenvalue weighted by molar-refractivity contribution is 5.67. The van der Waals surface area contributed by atoms with Crippen molar-refractivity contribution in [3.8, 4) is 23.1 Å². The summed E-state index contributed by atoms with van der Waals surface area (Å²) in [5.74, 6) is 1.84. The fraction of sp³-hybridized carbons (Fsp3) is 0.273. The van der Waals surface area contributed by atoms with Crippen LogP contribution in [-0.2, 0) is 11.3 Å². The van der Waals surface area contributed by atoms with E-state index in [9.17, 15) is 10.1 Å². The Hall–Kier alpha value is -3.90. The number of aromatic amines is 1. The van der Waals surface area contributed by atoms with Crippen LogP contribution in [0, 0.1) is 11.3 Å². The molecule has 3 heterocycles. The van der Waals surface area contributed by atoms with E-state index in [2.05, 4.69) is 25.2 Å². The van der Waals surface area contributed by atoms with E-state index < -0.39 is 5.56 Å². The molecule has 0 aliphatic carbocycles. The predicted octanol–water partition coefficient (Wildman–Crippen LogP) is 2.16. The van der Waals surface area contributed by atoms with Crippen LogP contribution in [0.15, 0.2) is 47.4 Å². The van der Waals surface area contributed by atoms with E-state index in [4.69, 9.17) is 9.47 Å². The van der Waals surface area contributed by atoms with Gasteiger partial charge in [0.1, 0.15) is 23.2 Å². The molecular weight excluding hydrogens is 396 g/mol. The smallest absolute Gasteiger partial charge is 0.270 e. The van der Waals surface area contributed by atoms with Gasteiger partial charge in [0.2, 0.25) is 5.95 Å². The zero-order valence-corrected chi connectivity index (χ0v) is 17.1. The van der Waals surface area contributed by atoms with Crippen LogP contribution in [-0.4, -0.2) is 48.4 Å². The number of hydrogen-bond donors (Lipinski definition) is 2. The third-order valence-electron chi connectivity index (χ3n) is 5.02.